The molecule has 0 fully saturated rings. The molecule has 0 atom stereocenters. The van der Waals surface area contributed by atoms with Crippen molar-refractivity contribution in [3.8, 4) is 17.1 Å². The Balaban J connectivity index is 1.89. The normalized spacial score (nSPS) is 11.5. The third kappa shape index (κ3) is 2.09. The van der Waals surface area contributed by atoms with Crippen LogP contribution in [-0.2, 0) is 7.05 Å². The molecular formula is C22H17N3O. The largest absolute Gasteiger partial charge is 0.438 e. The topological polar surface area (TPSA) is 34.8 Å². The van der Waals surface area contributed by atoms with Crippen molar-refractivity contribution in [3.63, 3.8) is 0 Å². The number of hydrogen-bond donors (Lipinski definition) is 0. The molecule has 5 aromatic rings. The number of aryl methyl sites for hydroxylation is 2. The molecule has 0 N–H and O–H groups in total. The van der Waals surface area contributed by atoms with E-state index in [0.717, 1.165) is 39.0 Å². The molecule has 0 aliphatic heterocycles. The van der Waals surface area contributed by atoms with Crippen LogP contribution in [0.4, 0.5) is 0 Å². The summed E-state index contributed by atoms with van der Waals surface area (Å²) in [6.07, 6.45) is 7.04. The molecule has 0 bridgehead atoms. The van der Waals surface area contributed by atoms with Crippen molar-refractivity contribution in [3.05, 3.63) is 78.8 Å². The fraction of sp³-hybridized carbons (Fsp3) is 0.0909. The number of benzene rings is 2. The molecule has 4 nitrogen and oxygen atoms in total. The SMILES string of the molecule is Cc1ccc2c(oc3ncccc32)c1-c1n(C)c[c-][n+]1-c1ccccc1. The molecule has 0 saturated heterocycles. The zero-order valence-electron chi connectivity index (χ0n) is 14.6. The average Bonchev–Trinajstić information content (AvgIpc) is 3.23. The molecule has 0 aliphatic rings. The van der Waals surface area contributed by atoms with Gasteiger partial charge in [0.05, 0.1) is 25.0 Å². The summed E-state index contributed by atoms with van der Waals surface area (Å²) in [5.41, 5.74) is 4.80. The molecule has 26 heavy (non-hydrogen) atoms. The van der Waals surface area contributed by atoms with E-state index in [1.54, 1.807) is 6.20 Å². The van der Waals surface area contributed by atoms with Crippen molar-refractivity contribution in [1.82, 2.24) is 9.55 Å². The van der Waals surface area contributed by atoms with Crippen LogP contribution in [-0.4, -0.2) is 9.55 Å². The number of furan rings is 1. The molecular weight excluding hydrogens is 322 g/mol. The lowest BCUT2D eigenvalue weighted by molar-refractivity contribution is -0.587. The second-order valence-corrected chi connectivity index (χ2v) is 6.46. The second kappa shape index (κ2) is 5.56. The van der Waals surface area contributed by atoms with Crippen LogP contribution in [0.25, 0.3) is 39.1 Å². The number of aromatic nitrogens is 3. The fourth-order valence-corrected chi connectivity index (χ4v) is 3.54. The van der Waals surface area contributed by atoms with Crippen LogP contribution in [0.15, 0.2) is 71.4 Å². The van der Waals surface area contributed by atoms with Crippen molar-refractivity contribution in [1.29, 1.82) is 0 Å². The van der Waals surface area contributed by atoms with E-state index in [0.29, 0.717) is 5.71 Å². The molecule has 126 valence electrons. The first-order valence-electron chi connectivity index (χ1n) is 8.56. The van der Waals surface area contributed by atoms with Crippen molar-refractivity contribution in [2.24, 2.45) is 7.05 Å². The molecule has 0 spiro atoms. The lowest BCUT2D eigenvalue weighted by atomic mass is 10.0. The Hall–Kier alpha value is -3.40. The number of fused-ring (bicyclic) bond motifs is 3. The Bertz CT molecular complexity index is 1250. The first kappa shape index (κ1) is 14.9. The number of hydrogen-bond acceptors (Lipinski definition) is 2. The summed E-state index contributed by atoms with van der Waals surface area (Å²) in [5, 5.41) is 2.11. The van der Waals surface area contributed by atoms with Crippen molar-refractivity contribution in [2.45, 2.75) is 6.92 Å². The Morgan fingerprint density at radius 3 is 2.69 bits per heavy atom. The van der Waals surface area contributed by atoms with E-state index in [-0.39, 0.29) is 0 Å². The molecule has 0 unspecified atom stereocenters. The van der Waals surface area contributed by atoms with Gasteiger partial charge in [0.15, 0.2) is 5.82 Å². The molecule has 4 heteroatoms. The van der Waals surface area contributed by atoms with Gasteiger partial charge in [-0.25, -0.2) is 4.98 Å². The Kier molecular flexibility index (Phi) is 3.19. The van der Waals surface area contributed by atoms with Crippen LogP contribution in [0.1, 0.15) is 5.56 Å². The summed E-state index contributed by atoms with van der Waals surface area (Å²) in [6.45, 7) is 2.11. The zero-order valence-corrected chi connectivity index (χ0v) is 14.6. The maximum absolute atomic E-state index is 6.18. The predicted octanol–water partition coefficient (Wildman–Crippen LogP) is 4.37. The lowest BCUT2D eigenvalue weighted by Gasteiger charge is -2.14. The van der Waals surface area contributed by atoms with Gasteiger partial charge in [-0.15, -0.1) is 0 Å². The van der Waals surface area contributed by atoms with Gasteiger partial charge in [-0.3, -0.25) is 4.57 Å². The minimum absolute atomic E-state index is 0.666. The average molecular weight is 339 g/mol. The predicted molar refractivity (Wildman–Crippen MR) is 101 cm³/mol. The van der Waals surface area contributed by atoms with E-state index in [1.807, 2.05) is 37.5 Å². The quantitative estimate of drug-likeness (QED) is 0.353. The van der Waals surface area contributed by atoms with E-state index < -0.39 is 0 Å². The molecule has 0 amide bonds. The summed E-state index contributed by atoms with van der Waals surface area (Å²) < 4.78 is 10.3. The first-order chi connectivity index (χ1) is 12.7. The zero-order chi connectivity index (χ0) is 17.7. The van der Waals surface area contributed by atoms with Crippen LogP contribution < -0.4 is 4.57 Å². The van der Waals surface area contributed by atoms with Gasteiger partial charge < -0.3 is 8.98 Å². The Morgan fingerprint density at radius 2 is 1.85 bits per heavy atom. The lowest BCUT2D eigenvalue weighted by Crippen LogP contribution is -2.32. The maximum atomic E-state index is 6.18. The number of nitrogens with zero attached hydrogens (tertiary/aromatic N) is 3. The number of imidazole rings is 1. The Labute approximate surface area is 151 Å². The second-order valence-electron chi connectivity index (χ2n) is 6.46. The summed E-state index contributed by atoms with van der Waals surface area (Å²) in [5.74, 6) is 1.03. The molecule has 3 heterocycles. The molecule has 0 radical (unpaired) electrons. The minimum atomic E-state index is 0.666. The van der Waals surface area contributed by atoms with Crippen LogP contribution in [0.3, 0.4) is 0 Å². The first-order valence-corrected chi connectivity index (χ1v) is 8.56. The van der Waals surface area contributed by atoms with Crippen molar-refractivity contribution >= 4 is 22.1 Å². The van der Waals surface area contributed by atoms with E-state index in [4.69, 9.17) is 4.42 Å². The monoisotopic (exact) mass is 339 g/mol. The van der Waals surface area contributed by atoms with E-state index in [9.17, 15) is 0 Å². The van der Waals surface area contributed by atoms with Crippen LogP contribution >= 0.6 is 0 Å². The summed E-state index contributed by atoms with van der Waals surface area (Å²) in [4.78, 5) is 4.39. The number of pyridine rings is 1. The highest BCUT2D eigenvalue weighted by Crippen LogP contribution is 2.36. The highest BCUT2D eigenvalue weighted by Gasteiger charge is 2.20. The smallest absolute Gasteiger partial charge is 0.227 e. The standard InChI is InChI=1S/C22H17N3O/c1-15-10-11-17-18-9-6-12-23-21(18)26-20(17)19(15)22-24(2)13-14-25(22)16-7-4-3-5-8-16/h3-13H,1-2H3. The summed E-state index contributed by atoms with van der Waals surface area (Å²) in [6, 6.07) is 18.5. The van der Waals surface area contributed by atoms with E-state index >= 15 is 0 Å². The maximum Gasteiger partial charge on any atom is 0.227 e. The minimum Gasteiger partial charge on any atom is -0.438 e. The molecule has 3 aromatic heterocycles. The molecule has 0 saturated carbocycles. The van der Waals surface area contributed by atoms with Gasteiger partial charge in [-0.05, 0) is 24.6 Å². The van der Waals surface area contributed by atoms with Gasteiger partial charge >= 0.3 is 0 Å². The van der Waals surface area contributed by atoms with E-state index in [1.165, 1.54) is 0 Å². The van der Waals surface area contributed by atoms with Gasteiger partial charge in [-0.1, -0.05) is 42.5 Å². The molecule has 5 rings (SSSR count). The van der Waals surface area contributed by atoms with Crippen LogP contribution in [0.5, 0.6) is 0 Å². The van der Waals surface area contributed by atoms with Gasteiger partial charge in [0.1, 0.15) is 5.58 Å². The third-order valence-corrected chi connectivity index (χ3v) is 4.79. The number of para-hydroxylation sites is 1. The highest BCUT2D eigenvalue weighted by atomic mass is 16.3. The van der Waals surface area contributed by atoms with Gasteiger partial charge in [0.2, 0.25) is 5.71 Å². The third-order valence-electron chi connectivity index (χ3n) is 4.79. The van der Waals surface area contributed by atoms with Crippen LogP contribution in [0, 0.1) is 13.1 Å². The van der Waals surface area contributed by atoms with Gasteiger partial charge in [0.25, 0.3) is 0 Å². The van der Waals surface area contributed by atoms with Gasteiger partial charge in [0, 0.05) is 22.7 Å². The van der Waals surface area contributed by atoms with Crippen LogP contribution in [0.2, 0.25) is 0 Å². The van der Waals surface area contributed by atoms with E-state index in [2.05, 4.69) is 57.6 Å². The highest BCUT2D eigenvalue weighted by molar-refractivity contribution is 6.08. The Morgan fingerprint density at radius 1 is 1.00 bits per heavy atom. The summed E-state index contributed by atoms with van der Waals surface area (Å²) >= 11 is 0. The van der Waals surface area contributed by atoms with Gasteiger partial charge in [-0.2, -0.15) is 0 Å². The summed E-state index contributed by atoms with van der Waals surface area (Å²) in [7, 11) is 2.03. The fourth-order valence-electron chi connectivity index (χ4n) is 3.54. The van der Waals surface area contributed by atoms with Crippen molar-refractivity contribution in [2.75, 3.05) is 0 Å². The number of rotatable bonds is 2. The van der Waals surface area contributed by atoms with Crippen molar-refractivity contribution < 1.29 is 8.98 Å². The molecule has 2 aromatic carbocycles. The molecule has 0 aliphatic carbocycles.